The molecule has 1 saturated carbocycles. The zero-order valence-corrected chi connectivity index (χ0v) is 11.9. The first-order valence-electron chi connectivity index (χ1n) is 6.62. The van der Waals surface area contributed by atoms with E-state index in [2.05, 4.69) is 0 Å². The SMILES string of the molecule is CN(C(=O)CS(=O)(=O)CCCN)C1CCCCC1. The molecule has 1 aliphatic carbocycles. The fraction of sp³-hybridized carbons (Fsp3) is 0.917. The van der Waals surface area contributed by atoms with E-state index in [1.165, 1.54) is 6.42 Å². The average Bonchev–Trinajstić information content (AvgIpc) is 2.36. The van der Waals surface area contributed by atoms with E-state index in [-0.39, 0.29) is 23.5 Å². The molecule has 18 heavy (non-hydrogen) atoms. The molecule has 1 fully saturated rings. The van der Waals surface area contributed by atoms with Crippen molar-refractivity contribution in [3.63, 3.8) is 0 Å². The van der Waals surface area contributed by atoms with E-state index in [1.54, 1.807) is 11.9 Å². The van der Waals surface area contributed by atoms with Crippen LogP contribution in [0.4, 0.5) is 0 Å². The summed E-state index contributed by atoms with van der Waals surface area (Å²) in [6, 6.07) is 0.218. The molecular formula is C12H24N2O3S. The van der Waals surface area contributed by atoms with Gasteiger partial charge in [-0.1, -0.05) is 19.3 Å². The minimum atomic E-state index is -3.30. The molecule has 0 saturated heterocycles. The second-order valence-corrected chi connectivity index (χ2v) is 7.21. The standard InChI is InChI=1S/C12H24N2O3S/c1-14(11-6-3-2-4-7-11)12(15)10-18(16,17)9-5-8-13/h11H,2-10,13H2,1H3. The Morgan fingerprint density at radius 1 is 1.28 bits per heavy atom. The van der Waals surface area contributed by atoms with E-state index in [0.717, 1.165) is 25.7 Å². The molecule has 1 aliphatic rings. The molecule has 6 heteroatoms. The predicted octanol–water partition coefficient (Wildman–Crippen LogP) is 0.541. The van der Waals surface area contributed by atoms with Crippen molar-refractivity contribution in [3.05, 3.63) is 0 Å². The van der Waals surface area contributed by atoms with Crippen molar-refractivity contribution in [1.29, 1.82) is 0 Å². The Kier molecular flexibility index (Phi) is 6.08. The first-order chi connectivity index (χ1) is 8.46. The van der Waals surface area contributed by atoms with Crippen molar-refractivity contribution < 1.29 is 13.2 Å². The topological polar surface area (TPSA) is 80.5 Å². The molecule has 1 amide bonds. The van der Waals surface area contributed by atoms with Gasteiger partial charge in [0.2, 0.25) is 5.91 Å². The number of nitrogens with two attached hydrogens (primary N) is 1. The number of nitrogens with zero attached hydrogens (tertiary/aromatic N) is 1. The number of carbonyl (C=O) groups is 1. The van der Waals surface area contributed by atoms with E-state index < -0.39 is 9.84 Å². The maximum absolute atomic E-state index is 11.9. The molecule has 2 N–H and O–H groups in total. The van der Waals surface area contributed by atoms with E-state index in [1.807, 2.05) is 0 Å². The van der Waals surface area contributed by atoms with Crippen LogP contribution in [0.5, 0.6) is 0 Å². The Morgan fingerprint density at radius 3 is 2.44 bits per heavy atom. The van der Waals surface area contributed by atoms with E-state index in [4.69, 9.17) is 5.73 Å². The Hall–Kier alpha value is -0.620. The Bertz CT molecular complexity index is 362. The van der Waals surface area contributed by atoms with Crippen LogP contribution < -0.4 is 5.73 Å². The molecule has 0 aromatic rings. The smallest absolute Gasteiger partial charge is 0.237 e. The van der Waals surface area contributed by atoms with Crippen LogP contribution in [-0.4, -0.2) is 50.4 Å². The number of hydrogen-bond donors (Lipinski definition) is 1. The number of hydrogen-bond acceptors (Lipinski definition) is 4. The largest absolute Gasteiger partial charge is 0.342 e. The predicted molar refractivity (Wildman–Crippen MR) is 72.0 cm³/mol. The van der Waals surface area contributed by atoms with Gasteiger partial charge in [-0.15, -0.1) is 0 Å². The molecule has 0 aromatic heterocycles. The highest BCUT2D eigenvalue weighted by Gasteiger charge is 2.25. The lowest BCUT2D eigenvalue weighted by atomic mass is 9.94. The summed E-state index contributed by atoms with van der Waals surface area (Å²) >= 11 is 0. The fourth-order valence-corrected chi connectivity index (χ4v) is 3.67. The zero-order chi connectivity index (χ0) is 13.6. The van der Waals surface area contributed by atoms with Crippen molar-refractivity contribution in [1.82, 2.24) is 4.90 Å². The number of sulfone groups is 1. The molecule has 106 valence electrons. The monoisotopic (exact) mass is 276 g/mol. The van der Waals surface area contributed by atoms with Crippen LogP contribution in [0, 0.1) is 0 Å². The molecule has 5 nitrogen and oxygen atoms in total. The molecule has 0 atom stereocenters. The van der Waals surface area contributed by atoms with Gasteiger partial charge >= 0.3 is 0 Å². The normalized spacial score (nSPS) is 17.7. The lowest BCUT2D eigenvalue weighted by Gasteiger charge is -2.31. The summed E-state index contributed by atoms with van der Waals surface area (Å²) in [6.07, 6.45) is 5.87. The van der Waals surface area contributed by atoms with Crippen LogP contribution in [0.1, 0.15) is 38.5 Å². The van der Waals surface area contributed by atoms with Gasteiger partial charge in [0, 0.05) is 13.1 Å². The molecule has 0 radical (unpaired) electrons. The summed E-state index contributed by atoms with van der Waals surface area (Å²) in [6.45, 7) is 0.339. The van der Waals surface area contributed by atoms with Gasteiger partial charge in [-0.25, -0.2) is 8.42 Å². The van der Waals surface area contributed by atoms with Gasteiger partial charge in [0.15, 0.2) is 9.84 Å². The second-order valence-electron chi connectivity index (χ2n) is 5.03. The van der Waals surface area contributed by atoms with Crippen LogP contribution in [0.15, 0.2) is 0 Å². The van der Waals surface area contributed by atoms with Gasteiger partial charge in [0.05, 0.1) is 5.75 Å². The highest BCUT2D eigenvalue weighted by atomic mass is 32.2. The third kappa shape index (κ3) is 4.94. The minimum Gasteiger partial charge on any atom is -0.342 e. The maximum Gasteiger partial charge on any atom is 0.237 e. The van der Waals surface area contributed by atoms with Crippen LogP contribution >= 0.6 is 0 Å². The van der Waals surface area contributed by atoms with E-state index >= 15 is 0 Å². The van der Waals surface area contributed by atoms with Crippen LogP contribution in [0.25, 0.3) is 0 Å². The highest BCUT2D eigenvalue weighted by Crippen LogP contribution is 2.21. The van der Waals surface area contributed by atoms with Crippen molar-refractivity contribution in [2.45, 2.75) is 44.6 Å². The van der Waals surface area contributed by atoms with Gasteiger partial charge in [-0.2, -0.15) is 0 Å². The van der Waals surface area contributed by atoms with Gasteiger partial charge < -0.3 is 10.6 Å². The van der Waals surface area contributed by atoms with Crippen LogP contribution in [-0.2, 0) is 14.6 Å². The quantitative estimate of drug-likeness (QED) is 0.768. The molecule has 0 aromatic carbocycles. The highest BCUT2D eigenvalue weighted by molar-refractivity contribution is 7.92. The Labute approximate surface area is 110 Å². The lowest BCUT2D eigenvalue weighted by Crippen LogP contribution is -2.41. The van der Waals surface area contributed by atoms with E-state index in [9.17, 15) is 13.2 Å². The summed E-state index contributed by atoms with van der Waals surface area (Å²) in [5, 5.41) is 0. The molecule has 1 rings (SSSR count). The summed E-state index contributed by atoms with van der Waals surface area (Å²) in [5.41, 5.74) is 5.28. The molecule has 0 spiro atoms. The maximum atomic E-state index is 11.9. The Balaban J connectivity index is 2.48. The summed E-state index contributed by atoms with van der Waals surface area (Å²) < 4.78 is 23.4. The third-order valence-electron chi connectivity index (χ3n) is 3.52. The fourth-order valence-electron chi connectivity index (χ4n) is 2.34. The molecule has 0 unspecified atom stereocenters. The molecular weight excluding hydrogens is 252 g/mol. The third-order valence-corrected chi connectivity index (χ3v) is 5.12. The van der Waals surface area contributed by atoms with Gasteiger partial charge in [-0.3, -0.25) is 4.79 Å². The van der Waals surface area contributed by atoms with Gasteiger partial charge in [-0.05, 0) is 25.8 Å². The number of amides is 1. The van der Waals surface area contributed by atoms with Crippen LogP contribution in [0.3, 0.4) is 0 Å². The zero-order valence-electron chi connectivity index (χ0n) is 11.1. The lowest BCUT2D eigenvalue weighted by molar-refractivity contribution is -0.129. The van der Waals surface area contributed by atoms with Crippen molar-refractivity contribution in [2.24, 2.45) is 5.73 Å². The molecule has 0 aliphatic heterocycles. The van der Waals surface area contributed by atoms with Gasteiger partial charge in [0.1, 0.15) is 5.75 Å². The van der Waals surface area contributed by atoms with Crippen LogP contribution in [0.2, 0.25) is 0 Å². The van der Waals surface area contributed by atoms with Crippen molar-refractivity contribution >= 4 is 15.7 Å². The van der Waals surface area contributed by atoms with Crippen molar-refractivity contribution in [2.75, 3.05) is 25.1 Å². The van der Waals surface area contributed by atoms with E-state index in [0.29, 0.717) is 13.0 Å². The summed E-state index contributed by atoms with van der Waals surface area (Å²) in [5.74, 6) is -0.646. The average molecular weight is 276 g/mol. The first kappa shape index (κ1) is 15.4. The second kappa shape index (κ2) is 7.09. The Morgan fingerprint density at radius 2 is 1.89 bits per heavy atom. The summed E-state index contributed by atoms with van der Waals surface area (Å²) in [7, 11) is -1.58. The van der Waals surface area contributed by atoms with Crippen molar-refractivity contribution in [3.8, 4) is 0 Å². The molecule has 0 heterocycles. The molecule has 0 bridgehead atoms. The number of carbonyl (C=O) groups excluding carboxylic acids is 1. The summed E-state index contributed by atoms with van der Waals surface area (Å²) in [4.78, 5) is 13.6. The van der Waals surface area contributed by atoms with Gasteiger partial charge in [0.25, 0.3) is 0 Å². The first-order valence-corrected chi connectivity index (χ1v) is 8.44. The minimum absolute atomic E-state index is 0.00769. The number of rotatable bonds is 6.